The number of anilines is 2. The molecule has 0 bridgehead atoms. The smallest absolute Gasteiger partial charge is 0.343 e. The highest BCUT2D eigenvalue weighted by atomic mass is 16.5. The second-order valence-corrected chi connectivity index (χ2v) is 5.39. The molecule has 0 unspecified atom stereocenters. The van der Waals surface area contributed by atoms with Gasteiger partial charge < -0.3 is 15.4 Å². The van der Waals surface area contributed by atoms with Crippen molar-refractivity contribution in [2.75, 3.05) is 17.2 Å². The van der Waals surface area contributed by atoms with Crippen LogP contribution in [0.3, 0.4) is 0 Å². The predicted octanol–water partition coefficient (Wildman–Crippen LogP) is 1.05. The number of aromatic nitrogens is 4. The number of nitrogen functional groups attached to an aromatic ring is 1. The van der Waals surface area contributed by atoms with Crippen molar-refractivity contribution in [1.82, 2.24) is 19.7 Å². The van der Waals surface area contributed by atoms with Crippen molar-refractivity contribution < 1.29 is 9.53 Å². The number of rotatable bonds is 4. The fourth-order valence-electron chi connectivity index (χ4n) is 2.69. The largest absolute Gasteiger partial charge is 0.462 e. The number of ether oxygens (including phenoxy) is 1. The Bertz CT molecular complexity index is 755. The van der Waals surface area contributed by atoms with Gasteiger partial charge in [0.2, 0.25) is 0 Å². The molecule has 0 aromatic carbocycles. The Kier molecular flexibility index (Phi) is 3.89. The lowest BCUT2D eigenvalue weighted by atomic mass is 10.2. The standard InChI is InChI=1S/C15H20N6O2/c1-4-12-17-6-9(15(22)23-5-2)14(18-12)21-7-10-11(8-21)19-20(3)13(10)16/h6H,4-5,7-8,16H2,1-3H3. The summed E-state index contributed by atoms with van der Waals surface area (Å²) >= 11 is 0. The zero-order chi connectivity index (χ0) is 16.6. The number of carbonyl (C=O) groups is 1. The molecule has 1 aliphatic rings. The molecule has 0 aliphatic carbocycles. The predicted molar refractivity (Wildman–Crippen MR) is 84.9 cm³/mol. The maximum atomic E-state index is 12.2. The van der Waals surface area contributed by atoms with Gasteiger partial charge in [0.1, 0.15) is 23.0 Å². The first-order chi connectivity index (χ1) is 11.0. The van der Waals surface area contributed by atoms with E-state index in [0.717, 1.165) is 11.3 Å². The average molecular weight is 316 g/mol. The summed E-state index contributed by atoms with van der Waals surface area (Å²) in [4.78, 5) is 22.9. The maximum absolute atomic E-state index is 12.2. The van der Waals surface area contributed by atoms with Crippen molar-refractivity contribution in [3.05, 3.63) is 28.8 Å². The van der Waals surface area contributed by atoms with Crippen LogP contribution in [0.1, 0.15) is 41.3 Å². The quantitative estimate of drug-likeness (QED) is 0.842. The van der Waals surface area contributed by atoms with E-state index in [2.05, 4.69) is 15.1 Å². The van der Waals surface area contributed by atoms with E-state index in [4.69, 9.17) is 10.5 Å². The van der Waals surface area contributed by atoms with Crippen molar-refractivity contribution in [1.29, 1.82) is 0 Å². The molecule has 2 N–H and O–H groups in total. The van der Waals surface area contributed by atoms with E-state index in [-0.39, 0.29) is 0 Å². The summed E-state index contributed by atoms with van der Waals surface area (Å²) in [6.07, 6.45) is 2.23. The van der Waals surface area contributed by atoms with Gasteiger partial charge in [0, 0.05) is 25.2 Å². The number of hydrogen-bond acceptors (Lipinski definition) is 7. The van der Waals surface area contributed by atoms with Crippen LogP contribution in [0.5, 0.6) is 0 Å². The Balaban J connectivity index is 1.97. The molecule has 0 spiro atoms. The highest BCUT2D eigenvalue weighted by Crippen LogP contribution is 2.31. The van der Waals surface area contributed by atoms with Gasteiger partial charge in [-0.3, -0.25) is 4.68 Å². The number of nitrogens with two attached hydrogens (primary N) is 1. The lowest BCUT2D eigenvalue weighted by Gasteiger charge is -2.20. The van der Waals surface area contributed by atoms with Crippen molar-refractivity contribution in [3.63, 3.8) is 0 Å². The first-order valence-corrected chi connectivity index (χ1v) is 7.63. The summed E-state index contributed by atoms with van der Waals surface area (Å²) in [7, 11) is 1.82. The summed E-state index contributed by atoms with van der Waals surface area (Å²) in [5.41, 5.74) is 8.32. The van der Waals surface area contributed by atoms with E-state index in [1.165, 1.54) is 0 Å². The van der Waals surface area contributed by atoms with Crippen molar-refractivity contribution in [3.8, 4) is 0 Å². The fourth-order valence-corrected chi connectivity index (χ4v) is 2.69. The van der Waals surface area contributed by atoms with Crippen LogP contribution in [0.2, 0.25) is 0 Å². The number of nitrogens with zero attached hydrogens (tertiary/aromatic N) is 5. The second-order valence-electron chi connectivity index (χ2n) is 5.39. The molecular formula is C15H20N6O2. The van der Waals surface area contributed by atoms with Crippen LogP contribution in [-0.2, 0) is 31.3 Å². The molecule has 3 heterocycles. The Morgan fingerprint density at radius 2 is 2.17 bits per heavy atom. The topological polar surface area (TPSA) is 99.2 Å². The van der Waals surface area contributed by atoms with Gasteiger partial charge in [-0.05, 0) is 6.92 Å². The lowest BCUT2D eigenvalue weighted by molar-refractivity contribution is 0.0526. The molecule has 2 aromatic heterocycles. The monoisotopic (exact) mass is 316 g/mol. The van der Waals surface area contributed by atoms with E-state index in [0.29, 0.717) is 49.1 Å². The molecule has 3 rings (SSSR count). The third kappa shape index (κ3) is 2.60. The molecule has 0 fully saturated rings. The van der Waals surface area contributed by atoms with Gasteiger partial charge in [-0.2, -0.15) is 5.10 Å². The van der Waals surface area contributed by atoms with Crippen molar-refractivity contribution in [2.24, 2.45) is 7.05 Å². The van der Waals surface area contributed by atoms with Crippen LogP contribution in [0.25, 0.3) is 0 Å². The summed E-state index contributed by atoms with van der Waals surface area (Å²) < 4.78 is 6.79. The third-order valence-electron chi connectivity index (χ3n) is 3.90. The Morgan fingerprint density at radius 1 is 1.39 bits per heavy atom. The van der Waals surface area contributed by atoms with E-state index < -0.39 is 5.97 Å². The highest BCUT2D eigenvalue weighted by molar-refractivity contribution is 5.94. The SMILES string of the molecule is CCOC(=O)c1cnc(CC)nc1N1Cc2nn(C)c(N)c2C1. The van der Waals surface area contributed by atoms with Gasteiger partial charge in [-0.25, -0.2) is 14.8 Å². The van der Waals surface area contributed by atoms with Gasteiger partial charge in [0.15, 0.2) is 0 Å². The molecule has 8 nitrogen and oxygen atoms in total. The zero-order valence-corrected chi connectivity index (χ0v) is 13.5. The molecule has 0 atom stereocenters. The molecule has 0 amide bonds. The van der Waals surface area contributed by atoms with Gasteiger partial charge in [-0.15, -0.1) is 0 Å². The van der Waals surface area contributed by atoms with Crippen LogP contribution in [0, 0.1) is 0 Å². The maximum Gasteiger partial charge on any atom is 0.343 e. The van der Waals surface area contributed by atoms with Crippen LogP contribution in [0.15, 0.2) is 6.20 Å². The summed E-state index contributed by atoms with van der Waals surface area (Å²) in [6, 6.07) is 0. The van der Waals surface area contributed by atoms with Crippen molar-refractivity contribution >= 4 is 17.6 Å². The van der Waals surface area contributed by atoms with E-state index >= 15 is 0 Å². The number of esters is 1. The summed E-state index contributed by atoms with van der Waals surface area (Å²) in [5, 5.41) is 4.41. The molecule has 23 heavy (non-hydrogen) atoms. The molecule has 1 aliphatic heterocycles. The molecule has 0 saturated heterocycles. The van der Waals surface area contributed by atoms with Crippen molar-refractivity contribution in [2.45, 2.75) is 33.4 Å². The average Bonchev–Trinajstić information content (AvgIpc) is 3.07. The Hall–Kier alpha value is -2.64. The zero-order valence-electron chi connectivity index (χ0n) is 13.5. The summed E-state index contributed by atoms with van der Waals surface area (Å²) in [6.45, 7) is 5.19. The minimum atomic E-state index is -0.414. The summed E-state index contributed by atoms with van der Waals surface area (Å²) in [5.74, 6) is 1.50. The Morgan fingerprint density at radius 3 is 2.83 bits per heavy atom. The molecule has 122 valence electrons. The molecule has 2 aromatic rings. The first-order valence-electron chi connectivity index (χ1n) is 7.63. The van der Waals surface area contributed by atoms with Gasteiger partial charge in [0.25, 0.3) is 0 Å². The van der Waals surface area contributed by atoms with Crippen LogP contribution < -0.4 is 10.6 Å². The molecule has 0 saturated carbocycles. The molecular weight excluding hydrogens is 296 g/mol. The van der Waals surface area contributed by atoms with E-state index in [9.17, 15) is 4.79 Å². The Labute approximate surface area is 134 Å². The normalized spacial score (nSPS) is 13.3. The van der Waals surface area contributed by atoms with E-state index in [1.807, 2.05) is 18.9 Å². The number of fused-ring (bicyclic) bond motifs is 1. The lowest BCUT2D eigenvalue weighted by Crippen LogP contribution is -2.23. The highest BCUT2D eigenvalue weighted by Gasteiger charge is 2.30. The second kappa shape index (κ2) is 5.86. The van der Waals surface area contributed by atoms with Gasteiger partial charge >= 0.3 is 5.97 Å². The number of carbonyl (C=O) groups excluding carboxylic acids is 1. The van der Waals surface area contributed by atoms with Gasteiger partial charge in [-0.1, -0.05) is 6.92 Å². The van der Waals surface area contributed by atoms with Crippen LogP contribution in [0.4, 0.5) is 11.6 Å². The third-order valence-corrected chi connectivity index (χ3v) is 3.90. The number of aryl methyl sites for hydroxylation is 2. The van der Waals surface area contributed by atoms with Crippen LogP contribution in [-0.4, -0.2) is 32.3 Å². The fraction of sp³-hybridized carbons (Fsp3) is 0.467. The van der Waals surface area contributed by atoms with Crippen LogP contribution >= 0.6 is 0 Å². The van der Waals surface area contributed by atoms with Gasteiger partial charge in [0.05, 0.1) is 25.4 Å². The number of hydrogen-bond donors (Lipinski definition) is 1. The first kappa shape index (κ1) is 15.3. The molecule has 0 radical (unpaired) electrons. The minimum absolute atomic E-state index is 0.309. The minimum Gasteiger partial charge on any atom is -0.462 e. The van der Waals surface area contributed by atoms with E-state index in [1.54, 1.807) is 17.8 Å². The molecule has 8 heteroatoms.